The van der Waals surface area contributed by atoms with Gasteiger partial charge in [0.15, 0.2) is 0 Å². The topological polar surface area (TPSA) is 0 Å². The molecule has 4 heteroatoms. The second-order valence-corrected chi connectivity index (χ2v) is 36.4. The number of halogens is 2. The second kappa shape index (κ2) is 14.8. The average Bonchev–Trinajstić information content (AvgIpc) is 3.65. The molecule has 0 bridgehead atoms. The molecule has 50 heavy (non-hydrogen) atoms. The minimum Gasteiger partial charge on any atom is -0.147 e. The maximum atomic E-state index is 2.66. The summed E-state index contributed by atoms with van der Waals surface area (Å²) < 4.78 is 3.61. The van der Waals surface area contributed by atoms with E-state index in [0.29, 0.717) is 0 Å². The van der Waals surface area contributed by atoms with Crippen LogP contribution >= 0.6 is 24.8 Å². The fourth-order valence-electron chi connectivity index (χ4n) is 8.01. The van der Waals surface area contributed by atoms with Crippen LogP contribution in [-0.2, 0) is 48.1 Å². The van der Waals surface area contributed by atoms with E-state index >= 15 is 0 Å². The van der Waals surface area contributed by atoms with Crippen molar-refractivity contribution in [3.05, 3.63) is 134 Å². The Bertz CT molecular complexity index is 1930. The van der Waals surface area contributed by atoms with Crippen molar-refractivity contribution in [3.8, 4) is 11.1 Å². The van der Waals surface area contributed by atoms with Crippen molar-refractivity contribution >= 4 is 44.0 Å². The first kappa shape index (κ1) is 40.8. The van der Waals surface area contributed by atoms with Crippen molar-refractivity contribution in [2.75, 3.05) is 0 Å². The summed E-state index contributed by atoms with van der Waals surface area (Å²) in [6.07, 6.45) is 9.51. The van der Waals surface area contributed by atoms with E-state index in [1.807, 2.05) is 3.32 Å². The quantitative estimate of drug-likeness (QED) is 0.158. The van der Waals surface area contributed by atoms with Crippen LogP contribution in [0.25, 0.3) is 11.1 Å². The van der Waals surface area contributed by atoms with Gasteiger partial charge in [-0.1, -0.05) is 0 Å². The zero-order valence-electron chi connectivity index (χ0n) is 32.5. The summed E-state index contributed by atoms with van der Waals surface area (Å²) in [6.45, 7) is 29.2. The third-order valence-corrected chi connectivity index (χ3v) is 36.3. The Morgan fingerprint density at radius 1 is 0.560 bits per heavy atom. The molecule has 2 aliphatic carbocycles. The monoisotopic (exact) mass is 888 g/mol. The largest absolute Gasteiger partial charge is 0.147 e. The molecule has 0 heterocycles. The van der Waals surface area contributed by atoms with E-state index in [9.17, 15) is 0 Å². The predicted octanol–water partition coefficient (Wildman–Crippen LogP) is 11.2. The van der Waals surface area contributed by atoms with Gasteiger partial charge in [0.05, 0.1) is 0 Å². The normalized spacial score (nSPS) is 14.0. The molecule has 0 aliphatic heterocycles. The molecule has 0 aromatic heterocycles. The van der Waals surface area contributed by atoms with E-state index in [2.05, 4.69) is 180 Å². The number of fused-ring (bicyclic) bond motifs is 3. The minimum absolute atomic E-state index is 0. The average molecular weight is 888 g/mol. The van der Waals surface area contributed by atoms with Crippen molar-refractivity contribution in [1.82, 2.24) is 0 Å². The van der Waals surface area contributed by atoms with Gasteiger partial charge in [-0.25, -0.2) is 0 Å². The number of hydrogen-bond acceptors (Lipinski definition) is 0. The first-order valence-electron chi connectivity index (χ1n) is 18.0. The molecule has 4 aromatic carbocycles. The Morgan fingerprint density at radius 2 is 1.04 bits per heavy atom. The smallest absolute Gasteiger partial charge is 0.147 e. The fourth-order valence-corrected chi connectivity index (χ4v) is 38.2. The van der Waals surface area contributed by atoms with Gasteiger partial charge in [-0.3, -0.25) is 0 Å². The van der Waals surface area contributed by atoms with Crippen LogP contribution in [0.3, 0.4) is 0 Å². The van der Waals surface area contributed by atoms with Crippen molar-refractivity contribution in [2.24, 2.45) is 0 Å². The molecule has 0 radical (unpaired) electrons. The molecule has 6 rings (SSSR count). The number of rotatable bonds is 4. The van der Waals surface area contributed by atoms with E-state index in [4.69, 9.17) is 0 Å². The maximum absolute atomic E-state index is 2.95. The van der Waals surface area contributed by atoms with E-state index in [1.54, 1.807) is 30.4 Å². The zero-order valence-corrected chi connectivity index (χ0v) is 38.7. The second-order valence-electron chi connectivity index (χ2n) is 18.2. The van der Waals surface area contributed by atoms with Gasteiger partial charge >= 0.3 is 302 Å². The Labute approximate surface area is 324 Å². The molecular formula is C46H58Cl2HfSi. The van der Waals surface area contributed by atoms with Gasteiger partial charge in [0, 0.05) is 0 Å². The van der Waals surface area contributed by atoms with Gasteiger partial charge in [0.1, 0.15) is 0 Å². The zero-order chi connectivity index (χ0) is 34.8. The molecular weight excluding hydrogens is 830 g/mol. The number of hydrogen-bond donors (Lipinski definition) is 0. The van der Waals surface area contributed by atoms with Crippen molar-refractivity contribution in [3.63, 3.8) is 0 Å². The van der Waals surface area contributed by atoms with Gasteiger partial charge < -0.3 is 0 Å². The Kier molecular flexibility index (Phi) is 12.1. The summed E-state index contributed by atoms with van der Waals surface area (Å²) in [5.74, 6) is 0. The van der Waals surface area contributed by atoms with Crippen LogP contribution in [-0.4, -0.2) is 5.49 Å². The molecule has 0 nitrogen and oxygen atoms in total. The molecule has 0 saturated heterocycles. The molecule has 264 valence electrons. The summed E-state index contributed by atoms with van der Waals surface area (Å²) >= 11 is -2.95. The Hall–Kier alpha value is -1.97. The van der Waals surface area contributed by atoms with E-state index in [0.717, 1.165) is 12.8 Å². The molecule has 2 aliphatic rings. The first-order valence-corrected chi connectivity index (χ1v) is 28.5. The standard InChI is InChI=1S/C29H41.C12H10Si.C5H5.2ClH.Hf/c1-26(2,3)22-14-18-13-19-15-23(27(4,5)6)25(29(10,11)12)17-21(19)20(18)16-24(22)28(7,8)9;1-3-7-11(8-4-1)13-12-9-5-2-6-10-12;1-2-4-5-3-1;;;/h14,16-17H,13H2,1-12H3;1-10H;1-3H,4H2;2*1H;. The van der Waals surface area contributed by atoms with E-state index < -0.39 is 25.6 Å². The maximum Gasteiger partial charge on any atom is -0.147 e. The van der Waals surface area contributed by atoms with Gasteiger partial charge in [-0.2, -0.15) is 0 Å². The van der Waals surface area contributed by atoms with Crippen molar-refractivity contribution in [2.45, 2.75) is 118 Å². The third kappa shape index (κ3) is 7.85. The number of allylic oxidation sites excluding steroid dienone is 4. The number of benzene rings is 4. The van der Waals surface area contributed by atoms with Crippen LogP contribution in [0.1, 0.15) is 123 Å². The van der Waals surface area contributed by atoms with Gasteiger partial charge in [0.25, 0.3) is 0 Å². The summed E-state index contributed by atoms with van der Waals surface area (Å²) in [6, 6.07) is 31.3. The van der Waals surface area contributed by atoms with E-state index in [1.165, 1.54) is 27.8 Å². The fraction of sp³-hybridized carbons (Fsp3) is 0.391. The Balaban J connectivity index is 0.00000281. The molecule has 0 saturated carbocycles. The minimum atomic E-state index is -2.95. The SMILES string of the molecule is CC(C)(C)c1cc2c(cc1C(C)(C)C)-c1cc(C(C)(C)C)c(C(C)(C)C)[c]([Hf]([C]3=CC=CC3)=[Si](c3ccccc3)c3ccccc3)c1C2.Cl.Cl. The third-order valence-electron chi connectivity index (χ3n) is 10.2. The first-order chi connectivity index (χ1) is 22.4. The van der Waals surface area contributed by atoms with Gasteiger partial charge in [-0.05, 0) is 0 Å². The molecule has 0 fully saturated rings. The van der Waals surface area contributed by atoms with Crippen LogP contribution in [0.4, 0.5) is 0 Å². The van der Waals surface area contributed by atoms with Crippen LogP contribution in [0.15, 0.2) is 100 Å². The van der Waals surface area contributed by atoms with Gasteiger partial charge in [-0.15, -0.1) is 24.8 Å². The molecule has 0 atom stereocenters. The van der Waals surface area contributed by atoms with Gasteiger partial charge in [0.2, 0.25) is 0 Å². The van der Waals surface area contributed by atoms with Crippen LogP contribution in [0.5, 0.6) is 0 Å². The van der Waals surface area contributed by atoms with Crippen molar-refractivity contribution in [1.29, 1.82) is 0 Å². The summed E-state index contributed by atoms with van der Waals surface area (Å²) in [7, 11) is 0. The van der Waals surface area contributed by atoms with Crippen LogP contribution in [0.2, 0.25) is 0 Å². The van der Waals surface area contributed by atoms with E-state index in [-0.39, 0.29) is 46.5 Å². The predicted molar refractivity (Wildman–Crippen MR) is 223 cm³/mol. The summed E-state index contributed by atoms with van der Waals surface area (Å²) in [4.78, 5) is 0. The summed E-state index contributed by atoms with van der Waals surface area (Å²) in [5.41, 5.74) is 11.6. The molecule has 0 amide bonds. The molecule has 0 N–H and O–H groups in total. The molecule has 0 unspecified atom stereocenters. The summed E-state index contributed by atoms with van der Waals surface area (Å²) in [5, 5.41) is 3.16. The van der Waals surface area contributed by atoms with Crippen molar-refractivity contribution < 1.29 is 20.1 Å². The molecule has 4 aromatic rings. The van der Waals surface area contributed by atoms with Crippen LogP contribution in [0, 0.1) is 0 Å². The Morgan fingerprint density at radius 3 is 1.48 bits per heavy atom. The van der Waals surface area contributed by atoms with Crippen LogP contribution < -0.4 is 13.7 Å². The molecule has 0 spiro atoms.